The highest BCUT2D eigenvalue weighted by Crippen LogP contribution is 2.34. The van der Waals surface area contributed by atoms with E-state index in [0.717, 1.165) is 17.7 Å². The first kappa shape index (κ1) is 27.2. The topological polar surface area (TPSA) is 79.2 Å². The van der Waals surface area contributed by atoms with Gasteiger partial charge < -0.3 is 9.84 Å². The Bertz CT molecular complexity index is 1170. The molecule has 10 heteroatoms. The second-order valence-corrected chi connectivity index (χ2v) is 9.76. The molecule has 1 heterocycles. The fourth-order valence-electron chi connectivity index (χ4n) is 3.81. The molecule has 0 saturated heterocycles. The summed E-state index contributed by atoms with van der Waals surface area (Å²) in [6.45, 7) is 6.27. The molecule has 0 radical (unpaired) electrons. The maximum absolute atomic E-state index is 13.9. The molecule has 0 aliphatic carbocycles. The predicted octanol–water partition coefficient (Wildman–Crippen LogP) is 5.83. The molecule has 194 valence electrons. The summed E-state index contributed by atoms with van der Waals surface area (Å²) in [5.41, 5.74) is -1.74. The maximum atomic E-state index is 13.9. The van der Waals surface area contributed by atoms with Crippen LogP contribution in [0.5, 0.6) is 5.75 Å². The number of carboxylic acid groups (broad SMARTS) is 1. The fraction of sp³-hybridized carbons (Fsp3) is 0.423. The Morgan fingerprint density at radius 1 is 1.06 bits per heavy atom. The van der Waals surface area contributed by atoms with Gasteiger partial charge in [-0.1, -0.05) is 18.2 Å². The molecule has 0 aromatic heterocycles. The van der Waals surface area contributed by atoms with E-state index in [1.165, 1.54) is 18.9 Å². The van der Waals surface area contributed by atoms with Crippen molar-refractivity contribution >= 4 is 17.6 Å². The molecular weight excluding hydrogens is 480 g/mol. The van der Waals surface area contributed by atoms with Crippen molar-refractivity contribution < 1.29 is 37.0 Å². The van der Waals surface area contributed by atoms with E-state index in [1.807, 2.05) is 12.1 Å². The lowest BCUT2D eigenvalue weighted by Crippen LogP contribution is -2.37. The second kappa shape index (κ2) is 9.91. The lowest BCUT2D eigenvalue weighted by Gasteiger charge is -2.21. The molecule has 2 aromatic rings. The van der Waals surface area contributed by atoms with Crippen molar-refractivity contribution in [2.24, 2.45) is 10.5 Å². The molecule has 1 N–H and O–H groups in total. The Kier molecular flexibility index (Phi) is 7.48. The van der Waals surface area contributed by atoms with Gasteiger partial charge in [-0.3, -0.25) is 4.79 Å². The van der Waals surface area contributed by atoms with Crippen LogP contribution in [0.2, 0.25) is 0 Å². The largest absolute Gasteiger partial charge is 0.478 e. The van der Waals surface area contributed by atoms with Crippen LogP contribution in [-0.4, -0.2) is 33.3 Å². The van der Waals surface area contributed by atoms with Gasteiger partial charge in [0, 0.05) is 0 Å². The van der Waals surface area contributed by atoms with Crippen LogP contribution >= 0.6 is 0 Å². The van der Waals surface area contributed by atoms with E-state index in [1.54, 1.807) is 26.0 Å². The van der Waals surface area contributed by atoms with Crippen LogP contribution in [0, 0.1) is 11.2 Å². The lowest BCUT2D eigenvalue weighted by molar-refractivity contribution is -0.152. The minimum absolute atomic E-state index is 0.130. The van der Waals surface area contributed by atoms with Crippen LogP contribution in [0.1, 0.15) is 57.2 Å². The van der Waals surface area contributed by atoms with Crippen LogP contribution < -0.4 is 4.74 Å². The van der Waals surface area contributed by atoms with Crippen LogP contribution in [0.15, 0.2) is 47.6 Å². The summed E-state index contributed by atoms with van der Waals surface area (Å²) in [6.07, 6.45) is -2.92. The zero-order valence-corrected chi connectivity index (χ0v) is 20.4. The Labute approximate surface area is 206 Å². The van der Waals surface area contributed by atoms with Gasteiger partial charge >= 0.3 is 12.1 Å². The van der Waals surface area contributed by atoms with Gasteiger partial charge in [0.2, 0.25) is 0 Å². The number of aryl methyl sites for hydroxylation is 1. The molecule has 0 bridgehead atoms. The van der Waals surface area contributed by atoms with Crippen molar-refractivity contribution in [2.45, 2.75) is 65.3 Å². The van der Waals surface area contributed by atoms with Gasteiger partial charge in [0.15, 0.2) is 5.60 Å². The van der Waals surface area contributed by atoms with Crippen molar-refractivity contribution in [3.05, 3.63) is 65.0 Å². The summed E-state index contributed by atoms with van der Waals surface area (Å²) in [6, 6.07) is 9.67. The van der Waals surface area contributed by atoms with Gasteiger partial charge in [-0.15, -0.1) is 0 Å². The zero-order valence-electron chi connectivity index (χ0n) is 20.4. The zero-order chi connectivity index (χ0) is 26.9. The van der Waals surface area contributed by atoms with E-state index in [4.69, 9.17) is 4.74 Å². The van der Waals surface area contributed by atoms with Gasteiger partial charge in [0.1, 0.15) is 11.6 Å². The van der Waals surface area contributed by atoms with Gasteiger partial charge in [0.05, 0.1) is 23.2 Å². The number of benzene rings is 2. The van der Waals surface area contributed by atoms with Gasteiger partial charge in [-0.05, 0) is 82.3 Å². The van der Waals surface area contributed by atoms with Crippen LogP contribution in [-0.2, 0) is 28.7 Å². The molecule has 3 rings (SSSR count). The summed E-state index contributed by atoms with van der Waals surface area (Å²) in [5.74, 6) is -2.33. The molecule has 0 spiro atoms. The first-order valence-electron chi connectivity index (χ1n) is 11.4. The molecule has 0 unspecified atom stereocenters. The van der Waals surface area contributed by atoms with Crippen molar-refractivity contribution in [3.8, 4) is 5.75 Å². The Morgan fingerprint density at radius 3 is 2.22 bits per heavy atom. The minimum atomic E-state index is -4.79. The monoisotopic (exact) mass is 508 g/mol. The van der Waals surface area contributed by atoms with Gasteiger partial charge in [-0.25, -0.2) is 14.2 Å². The Balaban J connectivity index is 1.62. The van der Waals surface area contributed by atoms with Crippen molar-refractivity contribution in [1.29, 1.82) is 0 Å². The smallest absolute Gasteiger partial charge is 0.419 e. The number of rotatable bonds is 9. The number of hydrogen-bond acceptors (Lipinski definition) is 4. The fourth-order valence-corrected chi connectivity index (χ4v) is 3.81. The number of aliphatic carboxylic acids is 1. The molecule has 1 aliphatic heterocycles. The lowest BCUT2D eigenvalue weighted by atomic mass is 9.84. The summed E-state index contributed by atoms with van der Waals surface area (Å²) >= 11 is 0. The SMILES string of the molecule is CC(C)(Oc1ccc(CCCC2=NN(Cc3ccc(C(F)(F)F)c(F)c3)C(=O)C2(C)C)cc1)C(=O)O. The van der Waals surface area contributed by atoms with E-state index in [2.05, 4.69) is 5.10 Å². The predicted molar refractivity (Wildman–Crippen MR) is 125 cm³/mol. The number of halogens is 4. The van der Waals surface area contributed by atoms with Crippen LogP contribution in [0.3, 0.4) is 0 Å². The van der Waals surface area contributed by atoms with E-state index < -0.39 is 34.5 Å². The van der Waals surface area contributed by atoms with Gasteiger partial charge in [-0.2, -0.15) is 18.3 Å². The molecular formula is C26H28F4N2O4. The molecule has 36 heavy (non-hydrogen) atoms. The normalized spacial score (nSPS) is 15.7. The molecule has 1 aliphatic rings. The summed E-state index contributed by atoms with van der Waals surface area (Å²) in [7, 11) is 0. The number of nitrogens with zero attached hydrogens (tertiary/aromatic N) is 2. The van der Waals surface area contributed by atoms with Crippen LogP contribution in [0.25, 0.3) is 0 Å². The average molecular weight is 509 g/mol. The molecule has 6 nitrogen and oxygen atoms in total. The highest BCUT2D eigenvalue weighted by Gasteiger charge is 2.43. The second-order valence-electron chi connectivity index (χ2n) is 9.76. The molecule has 0 fully saturated rings. The van der Waals surface area contributed by atoms with E-state index in [-0.39, 0.29) is 18.0 Å². The number of carboxylic acids is 1. The highest BCUT2D eigenvalue weighted by molar-refractivity contribution is 6.11. The van der Waals surface area contributed by atoms with Crippen molar-refractivity contribution in [3.63, 3.8) is 0 Å². The third kappa shape index (κ3) is 6.03. The maximum Gasteiger partial charge on any atom is 0.419 e. The Morgan fingerprint density at radius 2 is 1.67 bits per heavy atom. The highest BCUT2D eigenvalue weighted by atomic mass is 19.4. The summed E-state index contributed by atoms with van der Waals surface area (Å²) in [4.78, 5) is 24.1. The molecule has 0 saturated carbocycles. The van der Waals surface area contributed by atoms with Crippen molar-refractivity contribution in [1.82, 2.24) is 5.01 Å². The molecule has 2 aromatic carbocycles. The average Bonchev–Trinajstić information content (AvgIpc) is 2.97. The number of hydrogen-bond donors (Lipinski definition) is 1. The van der Waals surface area contributed by atoms with Crippen molar-refractivity contribution in [2.75, 3.05) is 0 Å². The first-order chi connectivity index (χ1) is 16.6. The number of amides is 1. The van der Waals surface area contributed by atoms with E-state index in [0.29, 0.717) is 36.8 Å². The standard InChI is InChI=1S/C26H28F4N2O4/c1-24(2)21(7-5-6-16-8-11-18(12-9-16)36-25(3,4)23(34)35)31-32(22(24)33)15-17-10-13-19(20(27)14-17)26(28,29)30/h8-14H,5-7,15H2,1-4H3,(H,34,35). The third-order valence-electron chi connectivity index (χ3n) is 6.09. The molecule has 1 amide bonds. The minimum Gasteiger partial charge on any atom is -0.478 e. The quantitative estimate of drug-likeness (QED) is 0.432. The third-order valence-corrected chi connectivity index (χ3v) is 6.09. The molecule has 0 atom stereocenters. The number of carbonyl (C=O) groups excluding carboxylic acids is 1. The number of alkyl halides is 3. The van der Waals surface area contributed by atoms with E-state index >= 15 is 0 Å². The number of ether oxygens (including phenoxy) is 1. The van der Waals surface area contributed by atoms with E-state index in [9.17, 15) is 32.3 Å². The number of hydrazone groups is 1. The summed E-state index contributed by atoms with van der Waals surface area (Å²) < 4.78 is 57.8. The number of carbonyl (C=O) groups is 2. The van der Waals surface area contributed by atoms with Crippen LogP contribution in [0.4, 0.5) is 17.6 Å². The van der Waals surface area contributed by atoms with Gasteiger partial charge in [0.25, 0.3) is 5.91 Å². The Hall–Kier alpha value is -3.43. The first-order valence-corrected chi connectivity index (χ1v) is 11.4. The summed E-state index contributed by atoms with van der Waals surface area (Å²) in [5, 5.41) is 14.7.